The van der Waals surface area contributed by atoms with Gasteiger partial charge in [0.25, 0.3) is 0 Å². The zero-order valence-electron chi connectivity index (χ0n) is 67.6. The number of nitrogens with zero attached hydrogens (tertiary/aromatic N) is 5. The lowest BCUT2D eigenvalue weighted by Crippen LogP contribution is -2.60. The van der Waals surface area contributed by atoms with Crippen molar-refractivity contribution >= 4 is 128 Å². The van der Waals surface area contributed by atoms with Crippen molar-refractivity contribution < 1.29 is 81.6 Å². The number of imide groups is 2. The predicted molar refractivity (Wildman–Crippen MR) is 435 cm³/mol. The number of hydrogen-bond acceptors (Lipinski definition) is 17. The number of benzene rings is 2. The largest absolute Gasteiger partial charge is 0.445 e. The van der Waals surface area contributed by atoms with Crippen LogP contribution in [0.15, 0.2) is 54.6 Å². The van der Waals surface area contributed by atoms with Crippen LogP contribution in [0.1, 0.15) is 197 Å². The van der Waals surface area contributed by atoms with Crippen LogP contribution in [-0.4, -0.2) is 222 Å². The van der Waals surface area contributed by atoms with Gasteiger partial charge in [0.05, 0.1) is 66.7 Å². The van der Waals surface area contributed by atoms with E-state index in [0.29, 0.717) is 56.2 Å². The van der Waals surface area contributed by atoms with E-state index < -0.39 is 168 Å². The van der Waals surface area contributed by atoms with Gasteiger partial charge in [-0.1, -0.05) is 183 Å². The second kappa shape index (κ2) is 42.3. The van der Waals surface area contributed by atoms with E-state index in [1.54, 1.807) is 109 Å². The molecule has 2 aromatic rings. The second-order valence-electron chi connectivity index (χ2n) is 31.7. The summed E-state index contributed by atoms with van der Waals surface area (Å²) in [4.78, 5) is 189. The number of anilines is 1. The Bertz CT molecular complexity index is 3580. The van der Waals surface area contributed by atoms with Crippen molar-refractivity contribution in [3.8, 4) is 0 Å². The summed E-state index contributed by atoms with van der Waals surface area (Å²) < 4.78 is 16.5. The van der Waals surface area contributed by atoms with Crippen molar-refractivity contribution in [1.29, 1.82) is 0 Å². The number of ether oxygens (including phenoxy) is 3. The molecule has 29 nitrogen and oxygen atoms in total. The van der Waals surface area contributed by atoms with Crippen LogP contribution in [0, 0.1) is 41.4 Å². The van der Waals surface area contributed by atoms with Crippen molar-refractivity contribution in [3.63, 3.8) is 0 Å². The molecule has 618 valence electrons. The third-order valence-corrected chi connectivity index (χ3v) is 26.4. The molecular weight excluding hydrogens is 1650 g/mol. The highest BCUT2D eigenvalue weighted by atomic mass is 127. The molecule has 4 aliphatic heterocycles. The summed E-state index contributed by atoms with van der Waals surface area (Å²) in [6.07, 6.45) is 1.51. The molecule has 4 saturated heterocycles. The van der Waals surface area contributed by atoms with Crippen LogP contribution in [0.25, 0.3) is 0 Å². The number of alkyl halides is 2. The number of fused-ring (bicyclic) bond motifs is 4. The first kappa shape index (κ1) is 92.8. The number of likely N-dealkylation sites (tertiary alicyclic amines) is 1. The number of likely N-dealkylation sites (N-methyl/N-ethyl adjacent to an activating group) is 2. The first-order chi connectivity index (χ1) is 52.3. The smallest absolute Gasteiger partial charge is 0.410 e. The van der Waals surface area contributed by atoms with Crippen LogP contribution in [0.2, 0.25) is 0 Å². The van der Waals surface area contributed by atoms with Gasteiger partial charge in [-0.2, -0.15) is 0 Å². The van der Waals surface area contributed by atoms with Crippen LogP contribution < -0.4 is 37.6 Å². The minimum absolute atomic E-state index is 0.000460. The molecule has 9 N–H and O–H groups in total. The molecule has 5 unspecified atom stereocenters. The Hall–Kier alpha value is -7.11. The molecule has 14 amide bonds. The number of carbonyl (C=O) groups excluding carboxylic acids is 13. The summed E-state index contributed by atoms with van der Waals surface area (Å²) in [5, 5.41) is 27.7. The topological polar surface area (TPSA) is 384 Å². The van der Waals surface area contributed by atoms with E-state index in [1.165, 1.54) is 21.3 Å². The molecule has 0 radical (unpaired) electrons. The lowest BCUT2D eigenvalue weighted by Gasteiger charge is -2.41. The fourth-order valence-corrected chi connectivity index (χ4v) is 19.5. The monoisotopic (exact) mass is 1780 g/mol. The van der Waals surface area contributed by atoms with Gasteiger partial charge in [0.2, 0.25) is 65.0 Å². The number of methoxy groups -OCH3 is 2. The number of halogens is 2. The Morgan fingerprint density at radius 1 is 0.721 bits per heavy atom. The van der Waals surface area contributed by atoms with Gasteiger partial charge < -0.3 is 66.8 Å². The van der Waals surface area contributed by atoms with Crippen molar-refractivity contribution in [2.75, 3.05) is 53.3 Å². The zero-order chi connectivity index (χ0) is 82.7. The van der Waals surface area contributed by atoms with Crippen LogP contribution in [0.5, 0.6) is 0 Å². The highest BCUT2D eigenvalue weighted by Crippen LogP contribution is 2.54. The van der Waals surface area contributed by atoms with Gasteiger partial charge in [0.1, 0.15) is 30.8 Å². The van der Waals surface area contributed by atoms with Gasteiger partial charge in [0, 0.05) is 79.7 Å². The molecule has 6 rings (SSSR count). The lowest BCUT2D eigenvalue weighted by atomic mass is 9.75. The van der Waals surface area contributed by atoms with E-state index >= 15 is 0 Å². The van der Waals surface area contributed by atoms with Gasteiger partial charge in [-0.05, 0) is 105 Å². The average molecular weight is 1780 g/mol. The van der Waals surface area contributed by atoms with E-state index in [0.717, 1.165) is 27.5 Å². The molecule has 4 heterocycles. The first-order valence-electron chi connectivity index (χ1n) is 39.3. The number of rotatable bonds is 39. The molecule has 17 atom stereocenters. The maximum atomic E-state index is 14.9. The van der Waals surface area contributed by atoms with Crippen molar-refractivity contribution in [3.05, 3.63) is 65.7 Å². The van der Waals surface area contributed by atoms with E-state index in [2.05, 4.69) is 84.0 Å². The minimum Gasteiger partial charge on any atom is -0.445 e. The molecule has 0 saturated carbocycles. The number of aliphatic hydroxyl groups is 1. The van der Waals surface area contributed by atoms with E-state index in [1.807, 2.05) is 39.0 Å². The molecule has 4 fully saturated rings. The van der Waals surface area contributed by atoms with Crippen LogP contribution in [0.4, 0.5) is 15.3 Å². The summed E-state index contributed by atoms with van der Waals surface area (Å²) in [6.45, 7) is 21.9. The number of amides is 14. The SMILES string of the molecule is CCCCC1(I)CC(I)(CC)C2CC(=O)N(C2=O)C(CCC(=O)N[C@H](C(=O)N[C@@H](CCCNC(N)=O)C(=O)Nc2ccc(COC(=O)N(C)[C@H](C(=O)N[C@H](C(=O)N(C)[C@@H]([C@@H](C)CC)[C@@H](CC(=O)N3CCC[C@H]3[C@H](OC)[C@@H](C)C(=O)N[C@H](C)[C@@H](O)c3ccccc3)OC)C(C)C)C(C)C)cc2)C(C)C)CN2C(=O)CC1C2=O. The molecule has 31 heteroatoms. The summed E-state index contributed by atoms with van der Waals surface area (Å²) in [5.41, 5.74) is 6.76. The zero-order valence-corrected chi connectivity index (χ0v) is 71.9. The van der Waals surface area contributed by atoms with Gasteiger partial charge in [-0.15, -0.1) is 0 Å². The molecule has 0 aromatic heterocycles. The van der Waals surface area contributed by atoms with E-state index in [-0.39, 0.29) is 94.0 Å². The Labute approximate surface area is 681 Å². The van der Waals surface area contributed by atoms with E-state index in [9.17, 15) is 67.4 Å². The number of nitrogens with one attached hydrogen (secondary N) is 6. The fourth-order valence-electron chi connectivity index (χ4n) is 16.0. The van der Waals surface area contributed by atoms with Crippen LogP contribution >= 0.6 is 45.2 Å². The number of unbranched alkanes of at least 4 members (excludes halogenated alkanes) is 1. The Balaban J connectivity index is 1.07. The first-order valence-corrected chi connectivity index (χ1v) is 41.5. The maximum Gasteiger partial charge on any atom is 0.410 e. The number of aliphatic hydroxyl groups excluding tert-OH is 1. The number of carbonyl (C=O) groups is 13. The molecular formula is C80H122I2N12O17. The Morgan fingerprint density at radius 2 is 1.36 bits per heavy atom. The van der Waals surface area contributed by atoms with Crippen molar-refractivity contribution in [2.45, 2.75) is 259 Å². The summed E-state index contributed by atoms with van der Waals surface area (Å²) in [6, 6.07) is 7.19. The van der Waals surface area contributed by atoms with E-state index in [4.69, 9.17) is 19.9 Å². The highest BCUT2D eigenvalue weighted by molar-refractivity contribution is 14.1. The Kier molecular flexibility index (Phi) is 35.4. The molecule has 111 heavy (non-hydrogen) atoms. The molecule has 4 bridgehead atoms. The molecule has 0 aliphatic carbocycles. The van der Waals surface area contributed by atoms with Crippen LogP contribution in [-0.2, 0) is 73.6 Å². The van der Waals surface area contributed by atoms with Gasteiger partial charge in [-0.3, -0.25) is 67.4 Å². The summed E-state index contributed by atoms with van der Waals surface area (Å²) >= 11 is 4.63. The van der Waals surface area contributed by atoms with Gasteiger partial charge in [-0.25, -0.2) is 9.59 Å². The molecule has 0 spiro atoms. The number of primary amides is 1. The third-order valence-electron chi connectivity index (χ3n) is 22.8. The number of hydrogen-bond donors (Lipinski definition) is 8. The Morgan fingerprint density at radius 3 is 1.95 bits per heavy atom. The maximum absolute atomic E-state index is 14.9. The van der Waals surface area contributed by atoms with Crippen LogP contribution in [0.3, 0.4) is 0 Å². The second-order valence-corrected chi connectivity index (χ2v) is 35.9. The molecule has 4 aliphatic rings. The predicted octanol–water partition coefficient (Wildman–Crippen LogP) is 7.84. The fraction of sp³-hybridized carbons (Fsp3) is 0.688. The summed E-state index contributed by atoms with van der Waals surface area (Å²) in [7, 11) is 6.05. The minimum atomic E-state index is -1.22. The standard InChI is InChI=1S/C80H122I2N12O17/c1-17-20-36-80(82)44-79(81,19-3)56-40-63(98)94(75(56)105)54(42-93-61(96)39-55(80)74(93)104)34-35-60(95)88-64(45(4)5)72(102)87-57(28-24-37-84-77(83)107)71(101)86-53-32-30-51(31-33-53)43-111-78(108)91(14)66(47(8)9)73(103)89-65(46(6)7)76(106)90(13)67(48(10)18-2)59(109-15)41-62(97)92-38-25-29-58(92)69(110-16)49(11)70(100)85-50(12)68(99)52-26-22-21-23-27-52/h21-23,26-27,30-33,45-50,54-59,64-69,99H,17-20,24-25,28-29,34-44H2,1-16H3,(H,85,100)(H,86,101)(H,87,102)(H,88,95)(H,89,103)(H3,83,84,107)/t48-,49+,50+,54?,55?,56?,57-,58-,59+,64-,65-,66-,67-,68+,69+,79?,80?/m0/s1. The van der Waals surface area contributed by atoms with Crippen molar-refractivity contribution in [1.82, 2.24) is 51.1 Å². The third kappa shape index (κ3) is 23.8. The molecule has 2 aromatic carbocycles. The number of nitrogens with two attached hydrogens (primary N) is 1. The number of urea groups is 1. The van der Waals surface area contributed by atoms with Crippen molar-refractivity contribution in [2.24, 2.45) is 47.2 Å². The highest BCUT2D eigenvalue weighted by Gasteiger charge is 2.59. The average Bonchev–Trinajstić information content (AvgIpc) is 1.59. The quantitative estimate of drug-likeness (QED) is 0.0137. The normalized spacial score (nSPS) is 22.9. The van der Waals surface area contributed by atoms with Gasteiger partial charge >= 0.3 is 12.1 Å². The van der Waals surface area contributed by atoms with Gasteiger partial charge in [0.15, 0.2) is 0 Å². The summed E-state index contributed by atoms with van der Waals surface area (Å²) in [5.74, 6) is -8.87. The lowest BCUT2D eigenvalue weighted by molar-refractivity contribution is -0.148.